The van der Waals surface area contributed by atoms with Crippen LogP contribution in [-0.2, 0) is 21.1 Å². The second kappa shape index (κ2) is 7.48. The van der Waals surface area contributed by atoms with E-state index in [1.807, 2.05) is 0 Å². The van der Waals surface area contributed by atoms with Gasteiger partial charge in [0.25, 0.3) is 5.91 Å². The Hall–Kier alpha value is -2.67. The van der Waals surface area contributed by atoms with Gasteiger partial charge in [0, 0.05) is 5.56 Å². The first kappa shape index (κ1) is 21.6. The van der Waals surface area contributed by atoms with Crippen molar-refractivity contribution >= 4 is 15.7 Å². The van der Waals surface area contributed by atoms with Crippen LogP contribution in [-0.4, -0.2) is 71.7 Å². The number of sulfone groups is 1. The number of aromatic nitrogens is 2. The first-order chi connectivity index (χ1) is 14.4. The quantitative estimate of drug-likeness (QED) is 0.641. The normalized spacial score (nSPS) is 22.2. The summed E-state index contributed by atoms with van der Waals surface area (Å²) >= 11 is 0. The number of nitrogens with zero attached hydrogens (tertiary/aromatic N) is 3. The summed E-state index contributed by atoms with van der Waals surface area (Å²) in [7, 11) is -3.59. The average Bonchev–Trinajstić information content (AvgIpc) is 3.05. The Labute approximate surface area is 174 Å². The van der Waals surface area contributed by atoms with Crippen molar-refractivity contribution < 1.29 is 40.2 Å². The van der Waals surface area contributed by atoms with Crippen molar-refractivity contribution in [3.05, 3.63) is 48.0 Å². The van der Waals surface area contributed by atoms with Crippen LogP contribution < -0.4 is 4.74 Å². The summed E-state index contributed by atoms with van der Waals surface area (Å²) in [6, 6.07) is 4.46. The van der Waals surface area contributed by atoms with E-state index < -0.39 is 44.5 Å². The van der Waals surface area contributed by atoms with Crippen LogP contribution in [0.4, 0.5) is 17.6 Å². The van der Waals surface area contributed by atoms with Crippen LogP contribution in [0.1, 0.15) is 10.4 Å². The Morgan fingerprint density at radius 3 is 2.48 bits per heavy atom. The molecule has 13 heteroatoms. The van der Waals surface area contributed by atoms with E-state index in [-0.39, 0.29) is 37.6 Å². The molecule has 0 unspecified atom stereocenters. The van der Waals surface area contributed by atoms with Crippen LogP contribution in [0.2, 0.25) is 0 Å². The molecule has 0 N–H and O–H groups in total. The fraction of sp³-hybridized carbons (Fsp3) is 0.444. The van der Waals surface area contributed by atoms with Crippen molar-refractivity contribution in [1.82, 2.24) is 14.7 Å². The zero-order valence-electron chi connectivity index (χ0n) is 15.9. The summed E-state index contributed by atoms with van der Waals surface area (Å²) in [6.07, 6.45) is -2.76. The van der Waals surface area contributed by atoms with Gasteiger partial charge >= 0.3 is 6.36 Å². The first-order valence-corrected chi connectivity index (χ1v) is 10.8. The van der Waals surface area contributed by atoms with Crippen molar-refractivity contribution in [3.63, 3.8) is 0 Å². The first-order valence-electron chi connectivity index (χ1n) is 9.13. The molecule has 1 amide bonds. The number of hydrogen-bond donors (Lipinski definition) is 0. The van der Waals surface area contributed by atoms with Crippen molar-refractivity contribution in [3.8, 4) is 5.75 Å². The zero-order chi connectivity index (χ0) is 22.4. The number of likely N-dealkylation sites (tertiary alicyclic amines) is 1. The minimum atomic E-state index is -4.83. The highest BCUT2D eigenvalue weighted by Gasteiger charge is 2.54. The second-order valence-electron chi connectivity index (χ2n) is 7.54. The molecule has 8 nitrogen and oxygen atoms in total. The topological polar surface area (TPSA) is 90.7 Å². The summed E-state index contributed by atoms with van der Waals surface area (Å²) in [6.45, 7) is -0.0867. The standard InChI is InChI=1S/C18H17F4N3O5S/c19-13-5-23-25(6-13)7-15-8-29-17(11-31(15,27)28)9-24(10-17)16(26)12-1-3-14(4-2-12)30-18(20,21)22/h1-6,15H,7-11H2/t15-/m0/s1. The molecule has 3 heterocycles. The van der Waals surface area contributed by atoms with E-state index in [0.29, 0.717) is 0 Å². The van der Waals surface area contributed by atoms with E-state index in [0.717, 1.165) is 24.5 Å². The minimum absolute atomic E-state index is 0.0367. The lowest BCUT2D eigenvalue weighted by Crippen LogP contribution is -2.70. The maximum absolute atomic E-state index is 13.1. The molecule has 2 aromatic rings. The average molecular weight is 463 g/mol. The van der Waals surface area contributed by atoms with Crippen molar-refractivity contribution in [2.45, 2.75) is 23.8 Å². The fourth-order valence-corrected chi connectivity index (χ4v) is 5.56. The number of carbonyl (C=O) groups excluding carboxylic acids is 1. The third-order valence-corrected chi connectivity index (χ3v) is 7.35. The SMILES string of the molecule is O=C(c1ccc(OC(F)(F)F)cc1)N1CC2(C1)CS(=O)(=O)[C@@H](Cn1cc(F)cn1)CO2. The molecule has 4 rings (SSSR count). The van der Waals surface area contributed by atoms with Gasteiger partial charge in [0.15, 0.2) is 15.7 Å². The molecule has 31 heavy (non-hydrogen) atoms. The molecule has 0 radical (unpaired) electrons. The molecule has 1 aromatic carbocycles. The highest BCUT2D eigenvalue weighted by Crippen LogP contribution is 2.34. The number of halogens is 4. The van der Waals surface area contributed by atoms with Gasteiger partial charge in [0.2, 0.25) is 0 Å². The Bertz CT molecular complexity index is 1080. The minimum Gasteiger partial charge on any atom is -0.406 e. The van der Waals surface area contributed by atoms with E-state index in [2.05, 4.69) is 9.84 Å². The molecule has 0 aliphatic carbocycles. The molecule has 0 bridgehead atoms. The number of alkyl halides is 3. The van der Waals surface area contributed by atoms with Gasteiger partial charge in [-0.15, -0.1) is 13.2 Å². The summed E-state index contributed by atoms with van der Waals surface area (Å²) in [5.74, 6) is -1.78. The number of hydrogen-bond acceptors (Lipinski definition) is 6. The van der Waals surface area contributed by atoms with Crippen molar-refractivity contribution in [2.75, 3.05) is 25.4 Å². The Morgan fingerprint density at radius 2 is 1.94 bits per heavy atom. The molecule has 1 aromatic heterocycles. The van der Waals surface area contributed by atoms with Crippen LogP contribution in [0.5, 0.6) is 5.75 Å². The monoisotopic (exact) mass is 463 g/mol. The van der Waals surface area contributed by atoms with E-state index in [4.69, 9.17) is 4.74 Å². The number of rotatable bonds is 4. The lowest BCUT2D eigenvalue weighted by Gasteiger charge is -2.52. The maximum Gasteiger partial charge on any atom is 0.573 e. The van der Waals surface area contributed by atoms with Crippen LogP contribution in [0.3, 0.4) is 0 Å². The van der Waals surface area contributed by atoms with Crippen molar-refractivity contribution in [1.29, 1.82) is 0 Å². The molecule has 0 saturated carbocycles. The molecular formula is C18H17F4N3O5S. The van der Waals surface area contributed by atoms with Crippen LogP contribution in [0.15, 0.2) is 36.7 Å². The van der Waals surface area contributed by atoms with Gasteiger partial charge in [-0.2, -0.15) is 5.10 Å². The summed E-state index contributed by atoms with van der Waals surface area (Å²) < 4.78 is 85.8. The van der Waals surface area contributed by atoms with E-state index in [9.17, 15) is 30.8 Å². The third-order valence-electron chi connectivity index (χ3n) is 5.12. The largest absolute Gasteiger partial charge is 0.573 e. The van der Waals surface area contributed by atoms with E-state index >= 15 is 0 Å². The number of benzene rings is 1. The smallest absolute Gasteiger partial charge is 0.406 e. The molecule has 2 aliphatic heterocycles. The van der Waals surface area contributed by atoms with Gasteiger partial charge in [0.1, 0.15) is 16.6 Å². The summed E-state index contributed by atoms with van der Waals surface area (Å²) in [5, 5.41) is 2.85. The number of amides is 1. The van der Waals surface area contributed by atoms with Crippen LogP contribution in [0, 0.1) is 5.82 Å². The highest BCUT2D eigenvalue weighted by molar-refractivity contribution is 7.92. The van der Waals surface area contributed by atoms with Crippen LogP contribution in [0.25, 0.3) is 0 Å². The third kappa shape index (κ3) is 4.66. The number of carbonyl (C=O) groups is 1. The van der Waals surface area contributed by atoms with Gasteiger partial charge in [-0.25, -0.2) is 12.8 Å². The van der Waals surface area contributed by atoms with E-state index in [1.54, 1.807) is 0 Å². The Kier molecular flexibility index (Phi) is 5.20. The Morgan fingerprint density at radius 1 is 1.26 bits per heavy atom. The van der Waals surface area contributed by atoms with Crippen molar-refractivity contribution in [2.24, 2.45) is 0 Å². The second-order valence-corrected chi connectivity index (χ2v) is 9.82. The molecule has 1 spiro atoms. The highest BCUT2D eigenvalue weighted by atomic mass is 32.2. The van der Waals surface area contributed by atoms with Gasteiger partial charge in [-0.3, -0.25) is 9.48 Å². The zero-order valence-corrected chi connectivity index (χ0v) is 16.7. The predicted molar refractivity (Wildman–Crippen MR) is 97.5 cm³/mol. The molecule has 2 saturated heterocycles. The fourth-order valence-electron chi connectivity index (χ4n) is 3.67. The van der Waals surface area contributed by atoms with E-state index in [1.165, 1.54) is 21.7 Å². The molecular weight excluding hydrogens is 446 g/mol. The molecule has 2 fully saturated rings. The van der Waals surface area contributed by atoms with Gasteiger partial charge < -0.3 is 14.4 Å². The summed E-state index contributed by atoms with van der Waals surface area (Å²) in [4.78, 5) is 13.9. The summed E-state index contributed by atoms with van der Waals surface area (Å²) in [5.41, 5.74) is -0.888. The molecule has 168 valence electrons. The van der Waals surface area contributed by atoms with Gasteiger partial charge in [-0.1, -0.05) is 0 Å². The predicted octanol–water partition coefficient (Wildman–Crippen LogP) is 1.63. The maximum atomic E-state index is 13.1. The molecule has 2 aliphatic rings. The lowest BCUT2D eigenvalue weighted by molar-refractivity contribution is -0.274. The van der Waals surface area contributed by atoms with Gasteiger partial charge in [0.05, 0.1) is 44.4 Å². The number of ether oxygens (including phenoxy) is 2. The lowest BCUT2D eigenvalue weighted by atomic mass is 9.94. The molecule has 1 atom stereocenters. The van der Waals surface area contributed by atoms with Crippen LogP contribution >= 0.6 is 0 Å². The van der Waals surface area contributed by atoms with Gasteiger partial charge in [-0.05, 0) is 24.3 Å². The Balaban J connectivity index is 1.35.